The minimum absolute atomic E-state index is 0.00116. The molecule has 0 bridgehead atoms. The summed E-state index contributed by atoms with van der Waals surface area (Å²) in [5.74, 6) is -4.46. The van der Waals surface area contributed by atoms with Crippen LogP contribution >= 0.6 is 0 Å². The van der Waals surface area contributed by atoms with E-state index in [-0.39, 0.29) is 63.3 Å². The van der Waals surface area contributed by atoms with Crippen molar-refractivity contribution in [3.05, 3.63) is 74.1 Å². The van der Waals surface area contributed by atoms with Crippen molar-refractivity contribution in [1.82, 2.24) is 4.90 Å². The average molecular weight is 670 g/mol. The zero-order valence-corrected chi connectivity index (χ0v) is 27.5. The fourth-order valence-electron chi connectivity index (χ4n) is 7.19. The number of benzene rings is 3. The molecule has 0 spiro atoms. The topological polar surface area (TPSA) is 176 Å². The van der Waals surface area contributed by atoms with Crippen LogP contribution in [-0.2, 0) is 25.5 Å². The third-order valence-electron chi connectivity index (χ3n) is 9.41. The number of carbonyl (C=O) groups excluding carboxylic acids is 5. The first-order valence-electron chi connectivity index (χ1n) is 15.5. The van der Waals surface area contributed by atoms with E-state index >= 15 is 0 Å². The van der Waals surface area contributed by atoms with Crippen molar-refractivity contribution >= 4 is 51.2 Å². The number of hydrogen-bond donors (Lipinski definition) is 1. The summed E-state index contributed by atoms with van der Waals surface area (Å²) >= 11 is 0. The molecule has 3 aliphatic rings. The van der Waals surface area contributed by atoms with E-state index in [0.29, 0.717) is 10.9 Å². The second-order valence-electron chi connectivity index (χ2n) is 13.3. The van der Waals surface area contributed by atoms with Crippen molar-refractivity contribution in [3.63, 3.8) is 0 Å². The Morgan fingerprint density at radius 2 is 1.65 bits per heavy atom. The lowest BCUT2D eigenvalue weighted by Crippen LogP contribution is -2.61. The van der Waals surface area contributed by atoms with Crippen LogP contribution in [0.3, 0.4) is 0 Å². The molecule has 13 heteroatoms. The summed E-state index contributed by atoms with van der Waals surface area (Å²) < 4.78 is 27.6. The smallest absolute Gasteiger partial charge is 0.337 e. The van der Waals surface area contributed by atoms with E-state index in [4.69, 9.17) is 23.4 Å². The van der Waals surface area contributed by atoms with Crippen LogP contribution < -0.4 is 14.9 Å². The number of esters is 2. The van der Waals surface area contributed by atoms with E-state index in [1.54, 1.807) is 13.0 Å². The Kier molecular flexibility index (Phi) is 6.92. The summed E-state index contributed by atoms with van der Waals surface area (Å²) in [6.45, 7) is 6.15. The molecule has 2 aliphatic heterocycles. The van der Waals surface area contributed by atoms with E-state index in [1.165, 1.54) is 45.4 Å². The highest BCUT2D eigenvalue weighted by Gasteiger charge is 2.64. The molecule has 13 nitrogen and oxygen atoms in total. The summed E-state index contributed by atoms with van der Waals surface area (Å²) in [6.07, 6.45) is 0.0648. The lowest BCUT2D eigenvalue weighted by atomic mass is 9.80. The van der Waals surface area contributed by atoms with Crippen LogP contribution in [0, 0.1) is 5.92 Å². The number of phenols is 1. The maximum absolute atomic E-state index is 14.3. The first kappa shape index (κ1) is 31.9. The summed E-state index contributed by atoms with van der Waals surface area (Å²) in [6, 6.07) is 7.20. The molecule has 7 rings (SSSR count). The summed E-state index contributed by atoms with van der Waals surface area (Å²) in [5, 5.41) is 12.0. The van der Waals surface area contributed by atoms with Gasteiger partial charge in [-0.05, 0) is 48.9 Å². The van der Waals surface area contributed by atoms with Gasteiger partial charge in [0.15, 0.2) is 28.5 Å². The first-order chi connectivity index (χ1) is 23.1. The molecule has 1 N–H and O–H groups in total. The predicted molar refractivity (Wildman–Crippen MR) is 171 cm³/mol. The molecule has 3 heterocycles. The summed E-state index contributed by atoms with van der Waals surface area (Å²) in [7, 11) is 2.77. The Morgan fingerprint density at radius 3 is 2.33 bits per heavy atom. The Labute approximate surface area is 278 Å². The molecule has 0 unspecified atom stereocenters. The van der Waals surface area contributed by atoms with Gasteiger partial charge in [-0.2, -0.15) is 0 Å². The van der Waals surface area contributed by atoms with Gasteiger partial charge < -0.3 is 28.5 Å². The highest BCUT2D eigenvalue weighted by atomic mass is 16.6. The van der Waals surface area contributed by atoms with Crippen LogP contribution in [0.15, 0.2) is 39.5 Å². The molecule has 49 heavy (non-hydrogen) atoms. The molecule has 0 saturated carbocycles. The first-order valence-corrected chi connectivity index (χ1v) is 15.5. The standard InChI is InChI=1S/C36H31NO12/c1-15(2)9-23(38)47-14-35(3)34(44)49-36(4)13-17-10-16-7-8-18-26(24(16)30(41)25(17)33(43)37(35)36)31(42)27-28(39)19-11-21(45-5)22(46-6)12-20(19)48-32(27)29(18)40/h7-8,10-12,15,41H,9,13-14H2,1-6H3/t35-,36+/m1/s1. The lowest BCUT2D eigenvalue weighted by Gasteiger charge is -2.42. The molecule has 4 aromatic rings. The maximum Gasteiger partial charge on any atom is 0.337 e. The zero-order valence-electron chi connectivity index (χ0n) is 27.5. The van der Waals surface area contributed by atoms with Crippen LogP contribution in [-0.4, -0.2) is 71.5 Å². The van der Waals surface area contributed by atoms with Crippen LogP contribution in [0.25, 0.3) is 21.7 Å². The van der Waals surface area contributed by atoms with Gasteiger partial charge in [0.05, 0.1) is 25.2 Å². The molecule has 3 aromatic carbocycles. The van der Waals surface area contributed by atoms with Gasteiger partial charge in [-0.3, -0.25) is 28.9 Å². The third-order valence-corrected chi connectivity index (χ3v) is 9.41. The quantitative estimate of drug-likeness (QED) is 0.257. The van der Waals surface area contributed by atoms with E-state index in [1.807, 2.05) is 13.8 Å². The summed E-state index contributed by atoms with van der Waals surface area (Å²) in [4.78, 5) is 83.1. The van der Waals surface area contributed by atoms with E-state index in [9.17, 15) is 33.9 Å². The molecule has 1 aliphatic carbocycles. The largest absolute Gasteiger partial charge is 0.506 e. The molecule has 0 radical (unpaired) electrons. The number of ketones is 2. The Hall–Kier alpha value is -5.72. The molecular weight excluding hydrogens is 638 g/mol. The van der Waals surface area contributed by atoms with Crippen molar-refractivity contribution in [1.29, 1.82) is 0 Å². The van der Waals surface area contributed by atoms with Gasteiger partial charge in [-0.25, -0.2) is 4.79 Å². The molecule has 1 aromatic heterocycles. The van der Waals surface area contributed by atoms with Gasteiger partial charge in [-0.15, -0.1) is 0 Å². The van der Waals surface area contributed by atoms with Gasteiger partial charge in [0.2, 0.25) is 17.0 Å². The normalized spacial score (nSPS) is 21.0. The van der Waals surface area contributed by atoms with Crippen LogP contribution in [0.5, 0.6) is 17.2 Å². The number of rotatable bonds is 6. The number of fused-ring (bicyclic) bond motifs is 7. The van der Waals surface area contributed by atoms with Crippen LogP contribution in [0.4, 0.5) is 0 Å². The van der Waals surface area contributed by atoms with E-state index in [2.05, 4.69) is 0 Å². The molecule has 1 fully saturated rings. The number of ether oxygens (including phenoxy) is 4. The number of hydrogen-bond acceptors (Lipinski definition) is 12. The molecule has 1 saturated heterocycles. The van der Waals surface area contributed by atoms with Crippen molar-refractivity contribution in [3.8, 4) is 17.2 Å². The highest BCUT2D eigenvalue weighted by Crippen LogP contribution is 2.48. The number of carbonyl (C=O) groups is 5. The second kappa shape index (κ2) is 10.6. The van der Waals surface area contributed by atoms with Gasteiger partial charge >= 0.3 is 11.9 Å². The lowest BCUT2D eigenvalue weighted by molar-refractivity contribution is -0.154. The van der Waals surface area contributed by atoms with E-state index in [0.717, 1.165) is 4.90 Å². The zero-order chi connectivity index (χ0) is 35.3. The average Bonchev–Trinajstić information content (AvgIpc) is 3.25. The van der Waals surface area contributed by atoms with Crippen molar-refractivity contribution in [2.24, 2.45) is 5.92 Å². The van der Waals surface area contributed by atoms with Crippen molar-refractivity contribution < 1.29 is 52.4 Å². The van der Waals surface area contributed by atoms with Gasteiger partial charge in [0.1, 0.15) is 23.5 Å². The third kappa shape index (κ3) is 4.37. The maximum atomic E-state index is 14.3. The van der Waals surface area contributed by atoms with Crippen LogP contribution in [0.2, 0.25) is 0 Å². The number of nitrogens with zero attached hydrogens (tertiary/aromatic N) is 1. The van der Waals surface area contributed by atoms with E-state index < -0.39 is 69.8 Å². The predicted octanol–water partition coefficient (Wildman–Crippen LogP) is 4.06. The second-order valence-corrected chi connectivity index (χ2v) is 13.3. The van der Waals surface area contributed by atoms with Gasteiger partial charge in [0.25, 0.3) is 5.91 Å². The van der Waals surface area contributed by atoms with Crippen LogP contribution in [0.1, 0.15) is 82.1 Å². The molecule has 252 valence electrons. The number of aromatic hydroxyl groups is 1. The fourth-order valence-corrected chi connectivity index (χ4v) is 7.19. The summed E-state index contributed by atoms with van der Waals surface area (Å²) in [5.41, 5.74) is -4.86. The highest BCUT2D eigenvalue weighted by molar-refractivity contribution is 6.32. The number of amides is 1. The minimum atomic E-state index is -1.73. The van der Waals surface area contributed by atoms with Gasteiger partial charge in [0, 0.05) is 35.4 Å². The Morgan fingerprint density at radius 1 is 0.959 bits per heavy atom. The number of phenolic OH excluding ortho intramolecular Hbond substituents is 1. The Bertz CT molecular complexity index is 2280. The fraction of sp³-hybridized carbons (Fsp3) is 0.333. The monoisotopic (exact) mass is 669 g/mol. The SMILES string of the molecule is COc1cc2oc3c(c(=O)c2cc1OC)C(=O)c1c(ccc2cc4c(c(O)c12)C(=O)N1[C@](C)(C4)OC(=O)[C@@]1(C)COC(=O)CC(C)C)C3=O. The molecular formula is C36H31NO12. The number of methoxy groups -OCH3 is 2. The van der Waals surface area contributed by atoms with Gasteiger partial charge in [-0.1, -0.05) is 19.9 Å². The van der Waals surface area contributed by atoms with Crippen molar-refractivity contribution in [2.45, 2.75) is 51.8 Å². The molecule has 2 atom stereocenters. The Balaban J connectivity index is 1.38. The van der Waals surface area contributed by atoms with Crippen molar-refractivity contribution in [2.75, 3.05) is 20.8 Å². The minimum Gasteiger partial charge on any atom is -0.506 e. The molecule has 1 amide bonds.